The number of phenols is 1. The van der Waals surface area contributed by atoms with Gasteiger partial charge in [-0.3, -0.25) is 0 Å². The number of benzene rings is 1. The molecule has 0 aliphatic rings. The van der Waals surface area contributed by atoms with Gasteiger partial charge in [0.15, 0.2) is 0 Å². The molecule has 3 N–H and O–H groups in total. The topological polar surface area (TPSA) is 70.0 Å². The van der Waals surface area contributed by atoms with Crippen LogP contribution in [0.5, 0.6) is 5.75 Å². The van der Waals surface area contributed by atoms with Crippen molar-refractivity contribution in [3.05, 3.63) is 28.8 Å². The SMILES string of the molecule is Cc1cc(CCN)cc(C#N)c1O. The zero-order valence-corrected chi connectivity index (χ0v) is 7.54. The third-order valence-electron chi connectivity index (χ3n) is 1.91. The van der Waals surface area contributed by atoms with E-state index in [1.807, 2.05) is 12.1 Å². The van der Waals surface area contributed by atoms with Crippen LogP contribution in [0.4, 0.5) is 0 Å². The Morgan fingerprint density at radius 1 is 1.54 bits per heavy atom. The van der Waals surface area contributed by atoms with Gasteiger partial charge in [-0.05, 0) is 37.1 Å². The maximum absolute atomic E-state index is 9.44. The number of nitrogens with two attached hydrogens (primary N) is 1. The average Bonchev–Trinajstić information content (AvgIpc) is 2.11. The molecule has 1 aromatic rings. The van der Waals surface area contributed by atoms with Crippen LogP contribution in [0.1, 0.15) is 16.7 Å². The molecule has 0 saturated carbocycles. The quantitative estimate of drug-likeness (QED) is 0.708. The van der Waals surface area contributed by atoms with Crippen LogP contribution in [0.25, 0.3) is 0 Å². The van der Waals surface area contributed by atoms with E-state index in [0.29, 0.717) is 12.1 Å². The van der Waals surface area contributed by atoms with E-state index in [1.54, 1.807) is 13.0 Å². The van der Waals surface area contributed by atoms with Gasteiger partial charge in [0.1, 0.15) is 11.8 Å². The zero-order chi connectivity index (χ0) is 9.84. The van der Waals surface area contributed by atoms with E-state index in [0.717, 1.165) is 17.5 Å². The fourth-order valence-corrected chi connectivity index (χ4v) is 1.25. The first kappa shape index (κ1) is 9.56. The van der Waals surface area contributed by atoms with E-state index in [9.17, 15) is 5.11 Å². The number of nitriles is 1. The lowest BCUT2D eigenvalue weighted by molar-refractivity contribution is 0.469. The standard InChI is InChI=1S/C10H12N2O/c1-7-4-8(2-3-11)5-9(6-12)10(7)13/h4-5,13H,2-3,11H2,1H3. The number of hydrogen-bond acceptors (Lipinski definition) is 3. The third-order valence-corrected chi connectivity index (χ3v) is 1.91. The van der Waals surface area contributed by atoms with Gasteiger partial charge in [0.05, 0.1) is 5.56 Å². The molecule has 0 amide bonds. The number of phenolic OH excluding ortho intramolecular Hbond substituents is 1. The second-order valence-corrected chi connectivity index (χ2v) is 2.96. The minimum absolute atomic E-state index is 0.0725. The summed E-state index contributed by atoms with van der Waals surface area (Å²) in [6.07, 6.45) is 0.732. The molecule has 68 valence electrons. The summed E-state index contributed by atoms with van der Waals surface area (Å²) in [5.74, 6) is 0.0725. The van der Waals surface area contributed by atoms with Crippen LogP contribution in [0, 0.1) is 18.3 Å². The average molecular weight is 176 g/mol. The molecule has 1 rings (SSSR count). The Hall–Kier alpha value is -1.53. The summed E-state index contributed by atoms with van der Waals surface area (Å²) in [7, 11) is 0. The molecule has 0 aromatic heterocycles. The molecule has 0 heterocycles. The highest BCUT2D eigenvalue weighted by Gasteiger charge is 2.05. The molecule has 3 nitrogen and oxygen atoms in total. The fourth-order valence-electron chi connectivity index (χ4n) is 1.25. The van der Waals surface area contributed by atoms with Gasteiger partial charge in [-0.15, -0.1) is 0 Å². The smallest absolute Gasteiger partial charge is 0.136 e. The van der Waals surface area contributed by atoms with E-state index in [1.165, 1.54) is 0 Å². The van der Waals surface area contributed by atoms with Crippen LogP contribution < -0.4 is 5.73 Å². The molecule has 0 saturated heterocycles. The first-order valence-corrected chi connectivity index (χ1v) is 4.11. The summed E-state index contributed by atoms with van der Waals surface area (Å²) in [6.45, 7) is 2.32. The van der Waals surface area contributed by atoms with Gasteiger partial charge in [0.25, 0.3) is 0 Å². The monoisotopic (exact) mass is 176 g/mol. The second-order valence-electron chi connectivity index (χ2n) is 2.96. The Kier molecular flexibility index (Phi) is 2.88. The number of aromatic hydroxyl groups is 1. The Labute approximate surface area is 77.4 Å². The van der Waals surface area contributed by atoms with Gasteiger partial charge >= 0.3 is 0 Å². The van der Waals surface area contributed by atoms with Crippen molar-refractivity contribution in [3.63, 3.8) is 0 Å². The normalized spacial score (nSPS) is 9.62. The largest absolute Gasteiger partial charge is 0.506 e. The van der Waals surface area contributed by atoms with Crippen LogP contribution in [0.3, 0.4) is 0 Å². The molecule has 3 heteroatoms. The molecular weight excluding hydrogens is 164 g/mol. The second kappa shape index (κ2) is 3.92. The van der Waals surface area contributed by atoms with Crippen molar-refractivity contribution in [3.8, 4) is 11.8 Å². The van der Waals surface area contributed by atoms with E-state index in [4.69, 9.17) is 11.0 Å². The number of aryl methyl sites for hydroxylation is 1. The highest BCUT2D eigenvalue weighted by Crippen LogP contribution is 2.23. The molecule has 0 aliphatic carbocycles. The molecular formula is C10H12N2O. The van der Waals surface area contributed by atoms with Crippen LogP contribution in [0.15, 0.2) is 12.1 Å². The fraction of sp³-hybridized carbons (Fsp3) is 0.300. The highest BCUT2D eigenvalue weighted by atomic mass is 16.3. The predicted molar refractivity (Wildman–Crippen MR) is 50.3 cm³/mol. The van der Waals surface area contributed by atoms with Crippen molar-refractivity contribution < 1.29 is 5.11 Å². The molecule has 13 heavy (non-hydrogen) atoms. The maximum atomic E-state index is 9.44. The van der Waals surface area contributed by atoms with Crippen molar-refractivity contribution in [2.75, 3.05) is 6.54 Å². The van der Waals surface area contributed by atoms with Crippen LogP contribution in [-0.2, 0) is 6.42 Å². The Balaban J connectivity index is 3.16. The molecule has 0 fully saturated rings. The van der Waals surface area contributed by atoms with Crippen molar-refractivity contribution in [2.24, 2.45) is 5.73 Å². The van der Waals surface area contributed by atoms with E-state index >= 15 is 0 Å². The summed E-state index contributed by atoms with van der Waals surface area (Å²) in [6, 6.07) is 5.47. The van der Waals surface area contributed by atoms with Crippen molar-refractivity contribution in [1.29, 1.82) is 5.26 Å². The van der Waals surface area contributed by atoms with E-state index in [-0.39, 0.29) is 5.75 Å². The summed E-state index contributed by atoms with van der Waals surface area (Å²) in [5.41, 5.74) is 7.44. The van der Waals surface area contributed by atoms with E-state index in [2.05, 4.69) is 0 Å². The Morgan fingerprint density at radius 3 is 2.77 bits per heavy atom. The molecule has 0 unspecified atom stereocenters. The Morgan fingerprint density at radius 2 is 2.23 bits per heavy atom. The molecule has 1 aromatic carbocycles. The lowest BCUT2D eigenvalue weighted by Crippen LogP contribution is -2.03. The van der Waals surface area contributed by atoms with Crippen LogP contribution in [-0.4, -0.2) is 11.7 Å². The van der Waals surface area contributed by atoms with Gasteiger partial charge in [0.2, 0.25) is 0 Å². The summed E-state index contributed by atoms with van der Waals surface area (Å²) >= 11 is 0. The zero-order valence-electron chi connectivity index (χ0n) is 7.54. The third kappa shape index (κ3) is 1.98. The maximum Gasteiger partial charge on any atom is 0.136 e. The van der Waals surface area contributed by atoms with E-state index < -0.39 is 0 Å². The van der Waals surface area contributed by atoms with Gasteiger partial charge in [-0.1, -0.05) is 6.07 Å². The van der Waals surface area contributed by atoms with Gasteiger partial charge < -0.3 is 10.8 Å². The lowest BCUT2D eigenvalue weighted by Gasteiger charge is -2.04. The summed E-state index contributed by atoms with van der Waals surface area (Å²) in [5, 5.41) is 18.1. The number of nitrogens with zero attached hydrogens (tertiary/aromatic N) is 1. The minimum Gasteiger partial charge on any atom is -0.506 e. The van der Waals surface area contributed by atoms with Crippen molar-refractivity contribution >= 4 is 0 Å². The number of hydrogen-bond donors (Lipinski definition) is 2. The van der Waals surface area contributed by atoms with Crippen molar-refractivity contribution in [2.45, 2.75) is 13.3 Å². The van der Waals surface area contributed by atoms with Gasteiger partial charge in [-0.2, -0.15) is 5.26 Å². The number of rotatable bonds is 2. The first-order valence-electron chi connectivity index (χ1n) is 4.11. The Bertz CT molecular complexity index is 353. The molecule has 0 spiro atoms. The lowest BCUT2D eigenvalue weighted by atomic mass is 10.0. The summed E-state index contributed by atoms with van der Waals surface area (Å²) in [4.78, 5) is 0. The predicted octanol–water partition coefficient (Wildman–Crippen LogP) is 1.07. The molecule has 0 bridgehead atoms. The van der Waals surface area contributed by atoms with Gasteiger partial charge in [0, 0.05) is 0 Å². The summed E-state index contributed by atoms with van der Waals surface area (Å²) < 4.78 is 0. The molecule has 0 aliphatic heterocycles. The van der Waals surface area contributed by atoms with Crippen LogP contribution in [0.2, 0.25) is 0 Å². The molecule has 0 radical (unpaired) electrons. The van der Waals surface area contributed by atoms with Gasteiger partial charge in [-0.25, -0.2) is 0 Å². The van der Waals surface area contributed by atoms with Crippen LogP contribution >= 0.6 is 0 Å². The molecule has 0 atom stereocenters. The van der Waals surface area contributed by atoms with Crippen molar-refractivity contribution in [1.82, 2.24) is 0 Å². The highest BCUT2D eigenvalue weighted by molar-refractivity contribution is 5.49. The minimum atomic E-state index is 0.0725. The first-order chi connectivity index (χ1) is 6.19.